The first-order valence-corrected chi connectivity index (χ1v) is 13.4. The summed E-state index contributed by atoms with van der Waals surface area (Å²) in [5, 5.41) is 6.35. The number of carbonyl (C=O) groups excluding carboxylic acids is 2. The van der Waals surface area contributed by atoms with Crippen LogP contribution in [0.4, 0.5) is 4.39 Å². The van der Waals surface area contributed by atoms with Crippen LogP contribution < -0.4 is 14.8 Å². The highest BCUT2D eigenvalue weighted by atomic mass is 35.5. The molecule has 3 heterocycles. The number of rotatable bonds is 7. The normalized spacial score (nSPS) is 19.4. The predicted octanol–water partition coefficient (Wildman–Crippen LogP) is 6.23. The molecule has 0 spiro atoms. The topological polar surface area (TPSA) is 77.5 Å². The summed E-state index contributed by atoms with van der Waals surface area (Å²) >= 11 is 8.84. The van der Waals surface area contributed by atoms with Gasteiger partial charge >= 0.3 is 0 Å². The molecule has 2 atom stereocenters. The molecule has 2 aromatic carbocycles. The summed E-state index contributed by atoms with van der Waals surface area (Å²) in [5.41, 5.74) is -0.0169. The molecule has 5 rings (SSSR count). The number of piperidine rings is 1. The number of nitrogens with zero attached hydrogens (tertiary/aromatic N) is 1. The van der Waals surface area contributed by atoms with E-state index in [0.717, 1.165) is 17.3 Å². The van der Waals surface area contributed by atoms with E-state index in [-0.39, 0.29) is 29.6 Å². The number of aromatic nitrogens is 1. The van der Waals surface area contributed by atoms with Gasteiger partial charge in [-0.2, -0.15) is 11.3 Å². The van der Waals surface area contributed by atoms with Gasteiger partial charge in [0, 0.05) is 23.4 Å². The van der Waals surface area contributed by atoms with E-state index >= 15 is 0 Å². The summed E-state index contributed by atoms with van der Waals surface area (Å²) < 4.78 is 24.9. The zero-order chi connectivity index (χ0) is 26.0. The first-order valence-electron chi connectivity index (χ1n) is 11.2. The molecule has 1 aliphatic rings. The molecule has 1 aliphatic heterocycles. The highest BCUT2D eigenvalue weighted by molar-refractivity contribution is 8.01. The van der Waals surface area contributed by atoms with Crippen LogP contribution in [0.15, 0.2) is 82.4 Å². The maximum Gasteiger partial charge on any atom is 0.242 e. The number of carbonyl (C=O) groups is 2. The molecular weight excluding hydrogens is 535 g/mol. The monoisotopic (exact) mass is 554 g/mol. The summed E-state index contributed by atoms with van der Waals surface area (Å²) in [6.07, 6.45) is -0.00872. The number of amides is 1. The molecule has 6 nitrogen and oxygen atoms in total. The number of Topliss-reactive ketones (excluding diaryl/α,β-unsaturated/α-hetero) is 1. The van der Waals surface area contributed by atoms with Gasteiger partial charge in [0.2, 0.25) is 11.8 Å². The number of benzene rings is 2. The number of ether oxygens (including phenoxy) is 2. The maximum atomic E-state index is 14.2. The van der Waals surface area contributed by atoms with Gasteiger partial charge in [-0.05, 0) is 52.7 Å². The number of nitrogens with one attached hydrogen (secondary N) is 1. The van der Waals surface area contributed by atoms with Gasteiger partial charge in [0.1, 0.15) is 16.5 Å². The molecule has 0 radical (unpaired) electrons. The third-order valence-corrected chi connectivity index (χ3v) is 8.36. The summed E-state index contributed by atoms with van der Waals surface area (Å²) in [4.78, 5) is 32.1. The van der Waals surface area contributed by atoms with Crippen LogP contribution in [0.25, 0.3) is 0 Å². The van der Waals surface area contributed by atoms with Gasteiger partial charge in [0.05, 0.1) is 17.8 Å². The molecule has 0 aliphatic carbocycles. The van der Waals surface area contributed by atoms with Crippen molar-refractivity contribution < 1.29 is 23.5 Å². The standard InChI is InChI=1S/C27H20ClFN2O4S2/c1-34-21-10-9-17(13-19(21)29)35-24-8-4-7-23(30-24)27(16-11-12-36-15-16)14-20(32)25(26(33)31-27)37-22-6-3-2-5-18(22)28/h2-13,15,25H,14H2,1H3,(H,31,33). The van der Waals surface area contributed by atoms with E-state index in [1.165, 1.54) is 30.6 Å². The zero-order valence-electron chi connectivity index (χ0n) is 19.4. The highest BCUT2D eigenvalue weighted by Gasteiger charge is 2.48. The van der Waals surface area contributed by atoms with Crippen LogP contribution in [0.2, 0.25) is 5.02 Å². The molecule has 2 unspecified atom stereocenters. The molecule has 1 N–H and O–H groups in total. The van der Waals surface area contributed by atoms with Crippen molar-refractivity contribution in [3.8, 4) is 17.4 Å². The van der Waals surface area contributed by atoms with Crippen molar-refractivity contribution in [1.82, 2.24) is 10.3 Å². The van der Waals surface area contributed by atoms with Gasteiger partial charge in [-0.15, -0.1) is 11.8 Å². The molecule has 1 fully saturated rings. The second kappa shape index (κ2) is 10.5. The first kappa shape index (κ1) is 25.3. The number of hydrogen-bond donors (Lipinski definition) is 1. The molecule has 10 heteroatoms. The average Bonchev–Trinajstić information content (AvgIpc) is 3.43. The quantitative estimate of drug-likeness (QED) is 0.273. The Morgan fingerprint density at radius 1 is 1.14 bits per heavy atom. The van der Waals surface area contributed by atoms with E-state index in [0.29, 0.717) is 15.6 Å². The minimum atomic E-state index is -1.18. The molecular formula is C27H20ClFN2O4S2. The van der Waals surface area contributed by atoms with Crippen LogP contribution in [0.5, 0.6) is 17.4 Å². The van der Waals surface area contributed by atoms with Crippen molar-refractivity contribution in [3.05, 3.63) is 99.6 Å². The Kier molecular flexibility index (Phi) is 7.19. The number of hydrogen-bond acceptors (Lipinski definition) is 7. The Labute approximate surface area is 225 Å². The zero-order valence-corrected chi connectivity index (χ0v) is 21.8. The minimum absolute atomic E-state index is 0.00872. The van der Waals surface area contributed by atoms with Crippen molar-refractivity contribution in [1.29, 1.82) is 0 Å². The summed E-state index contributed by atoms with van der Waals surface area (Å²) in [6.45, 7) is 0. The molecule has 2 aromatic heterocycles. The van der Waals surface area contributed by atoms with Gasteiger partial charge in [0.25, 0.3) is 0 Å². The largest absolute Gasteiger partial charge is 0.494 e. The molecule has 188 valence electrons. The smallest absolute Gasteiger partial charge is 0.242 e. The fourth-order valence-corrected chi connectivity index (χ4v) is 6.10. The Morgan fingerprint density at radius 2 is 1.97 bits per heavy atom. The molecule has 0 bridgehead atoms. The van der Waals surface area contributed by atoms with Crippen LogP contribution >= 0.6 is 34.7 Å². The second-order valence-corrected chi connectivity index (χ2v) is 10.6. The number of pyridine rings is 1. The number of thiophene rings is 1. The minimum Gasteiger partial charge on any atom is -0.494 e. The molecule has 1 saturated heterocycles. The van der Waals surface area contributed by atoms with Gasteiger partial charge in [-0.1, -0.05) is 29.8 Å². The molecule has 4 aromatic rings. The summed E-state index contributed by atoms with van der Waals surface area (Å²) in [5.74, 6) is -0.738. The van der Waals surface area contributed by atoms with Crippen molar-refractivity contribution in [3.63, 3.8) is 0 Å². The number of halogens is 2. The van der Waals surface area contributed by atoms with Gasteiger partial charge in [-0.3, -0.25) is 9.59 Å². The predicted molar refractivity (Wildman–Crippen MR) is 141 cm³/mol. The van der Waals surface area contributed by atoms with Crippen molar-refractivity contribution in [2.45, 2.75) is 22.1 Å². The van der Waals surface area contributed by atoms with Crippen molar-refractivity contribution >= 4 is 46.4 Å². The van der Waals surface area contributed by atoms with E-state index in [1.807, 2.05) is 16.8 Å². The maximum absolute atomic E-state index is 14.2. The first-order chi connectivity index (χ1) is 17.9. The number of thioether (sulfide) groups is 1. The molecule has 1 amide bonds. The van der Waals surface area contributed by atoms with Gasteiger partial charge in [0.15, 0.2) is 17.3 Å². The lowest BCUT2D eigenvalue weighted by Crippen LogP contribution is -2.58. The fourth-order valence-electron chi connectivity index (χ4n) is 4.13. The third-order valence-electron chi connectivity index (χ3n) is 5.91. The Hall–Kier alpha value is -3.40. The lowest BCUT2D eigenvalue weighted by atomic mass is 9.79. The number of ketones is 1. The van der Waals surface area contributed by atoms with Crippen LogP contribution in [0.1, 0.15) is 17.7 Å². The highest BCUT2D eigenvalue weighted by Crippen LogP contribution is 2.41. The van der Waals surface area contributed by atoms with E-state index in [2.05, 4.69) is 10.3 Å². The third kappa shape index (κ3) is 5.07. The Bertz CT molecular complexity index is 1450. The SMILES string of the molecule is COc1ccc(Oc2cccc(C3(c4ccsc4)CC(=O)C(Sc4ccccc4Cl)C(=O)N3)n2)cc1F. The fraction of sp³-hybridized carbons (Fsp3) is 0.148. The average molecular weight is 555 g/mol. The van der Waals surface area contributed by atoms with E-state index in [9.17, 15) is 14.0 Å². The van der Waals surface area contributed by atoms with E-state index in [4.69, 9.17) is 21.1 Å². The van der Waals surface area contributed by atoms with Crippen LogP contribution in [-0.4, -0.2) is 29.0 Å². The van der Waals surface area contributed by atoms with E-state index in [1.54, 1.807) is 48.5 Å². The van der Waals surface area contributed by atoms with Crippen LogP contribution in [0, 0.1) is 5.82 Å². The van der Waals surface area contributed by atoms with Crippen molar-refractivity contribution in [2.24, 2.45) is 0 Å². The van der Waals surface area contributed by atoms with Crippen molar-refractivity contribution in [2.75, 3.05) is 7.11 Å². The van der Waals surface area contributed by atoms with Crippen LogP contribution in [0.3, 0.4) is 0 Å². The Morgan fingerprint density at radius 3 is 2.68 bits per heavy atom. The molecule has 0 saturated carbocycles. The lowest BCUT2D eigenvalue weighted by Gasteiger charge is -2.39. The Balaban J connectivity index is 1.47. The summed E-state index contributed by atoms with van der Waals surface area (Å²) in [6, 6.07) is 18.2. The second-order valence-electron chi connectivity index (χ2n) is 8.24. The van der Waals surface area contributed by atoms with Crippen LogP contribution in [-0.2, 0) is 15.1 Å². The number of methoxy groups -OCH3 is 1. The van der Waals surface area contributed by atoms with E-state index < -0.39 is 22.5 Å². The van der Waals surface area contributed by atoms with Gasteiger partial charge < -0.3 is 14.8 Å². The van der Waals surface area contributed by atoms with Gasteiger partial charge in [-0.25, -0.2) is 9.37 Å². The lowest BCUT2D eigenvalue weighted by molar-refractivity contribution is -0.133. The molecule has 37 heavy (non-hydrogen) atoms. The summed E-state index contributed by atoms with van der Waals surface area (Å²) in [7, 11) is 1.38.